The van der Waals surface area contributed by atoms with Crippen molar-refractivity contribution in [2.24, 2.45) is 0 Å². The van der Waals surface area contributed by atoms with Crippen LogP contribution < -0.4 is 15.0 Å². The molecule has 0 saturated carbocycles. The number of rotatable bonds is 8. The minimum absolute atomic E-state index is 0.00956. The van der Waals surface area contributed by atoms with E-state index in [1.807, 2.05) is 42.5 Å². The molecule has 4 aromatic rings. The topological polar surface area (TPSA) is 91.8 Å². The number of para-hydroxylation sites is 1. The Labute approximate surface area is 245 Å². The van der Waals surface area contributed by atoms with Crippen LogP contribution in [-0.4, -0.2) is 49.7 Å². The number of nitrogens with zero attached hydrogens (tertiary/aromatic N) is 3. The number of carbonyl (C=O) groups is 1. The lowest BCUT2D eigenvalue weighted by molar-refractivity contribution is 0.199. The summed E-state index contributed by atoms with van der Waals surface area (Å²) in [6.45, 7) is 4.13. The number of benzene rings is 3. The average molecular weight is 589 g/mol. The van der Waals surface area contributed by atoms with E-state index in [1.165, 1.54) is 24.5 Å². The van der Waals surface area contributed by atoms with Crippen LogP contribution in [0.3, 0.4) is 0 Å². The van der Waals surface area contributed by atoms with Gasteiger partial charge in [0.2, 0.25) is 5.88 Å². The molecule has 10 heteroatoms. The number of halogens is 1. The van der Waals surface area contributed by atoms with Crippen LogP contribution in [0.25, 0.3) is 0 Å². The monoisotopic (exact) mass is 588 g/mol. The Morgan fingerprint density at radius 3 is 2.36 bits per heavy atom. The molecule has 0 unspecified atom stereocenters. The number of piperidine rings is 1. The van der Waals surface area contributed by atoms with Crippen LogP contribution in [0.2, 0.25) is 0 Å². The van der Waals surface area contributed by atoms with Gasteiger partial charge >= 0.3 is 6.03 Å². The van der Waals surface area contributed by atoms with Crippen LogP contribution >= 0.6 is 0 Å². The van der Waals surface area contributed by atoms with Crippen molar-refractivity contribution in [3.8, 4) is 11.6 Å². The molecule has 3 aromatic carbocycles. The van der Waals surface area contributed by atoms with Crippen molar-refractivity contribution in [2.45, 2.75) is 37.2 Å². The van der Waals surface area contributed by atoms with Crippen molar-refractivity contribution in [3.63, 3.8) is 0 Å². The first-order chi connectivity index (χ1) is 20.2. The second kappa shape index (κ2) is 12.7. The van der Waals surface area contributed by atoms with Crippen LogP contribution in [0, 0.1) is 12.7 Å². The quantitative estimate of drug-likeness (QED) is 0.255. The number of urea groups is 1. The third-order valence-corrected chi connectivity index (χ3v) is 8.37. The molecular formula is C32H33FN4O4S. The summed E-state index contributed by atoms with van der Waals surface area (Å²) in [5, 5.41) is 2.91. The van der Waals surface area contributed by atoms with E-state index in [1.54, 1.807) is 42.3 Å². The standard InChI is InChI=1S/C32H33FN4O4S/c1-23-20-29(42(2,39)40)13-14-30(23)41-31-15-8-24(21-34-31)22-36-18-16-28(17-19-36)37(27-6-4-3-5-7-27)32(38)35-26-11-9-25(33)10-12-26/h3-15,20-21,28H,16-19,22H2,1-2H3,(H,35,38). The molecule has 5 rings (SSSR count). The summed E-state index contributed by atoms with van der Waals surface area (Å²) in [5.41, 5.74) is 3.11. The second-order valence-corrected chi connectivity index (χ2v) is 12.5. The number of nitrogens with one attached hydrogen (secondary N) is 1. The lowest BCUT2D eigenvalue weighted by Gasteiger charge is -2.38. The number of aromatic nitrogens is 1. The van der Waals surface area contributed by atoms with E-state index in [0.29, 0.717) is 22.9 Å². The smallest absolute Gasteiger partial charge is 0.326 e. The number of ether oxygens (including phenoxy) is 1. The van der Waals surface area contributed by atoms with Crippen molar-refractivity contribution in [1.29, 1.82) is 0 Å². The van der Waals surface area contributed by atoms with Crippen molar-refractivity contribution in [3.05, 3.63) is 108 Å². The van der Waals surface area contributed by atoms with Gasteiger partial charge in [0.15, 0.2) is 9.84 Å². The van der Waals surface area contributed by atoms with Gasteiger partial charge in [-0.2, -0.15) is 0 Å². The minimum Gasteiger partial charge on any atom is -0.439 e. The Balaban J connectivity index is 1.19. The number of carbonyl (C=O) groups excluding carboxylic acids is 1. The molecule has 1 aliphatic rings. The Hall–Kier alpha value is -4.28. The van der Waals surface area contributed by atoms with Gasteiger partial charge < -0.3 is 10.1 Å². The maximum absolute atomic E-state index is 13.4. The van der Waals surface area contributed by atoms with Crippen molar-refractivity contribution < 1.29 is 22.3 Å². The summed E-state index contributed by atoms with van der Waals surface area (Å²) in [6, 6.07) is 23.7. The predicted octanol–water partition coefficient (Wildman–Crippen LogP) is 6.43. The van der Waals surface area contributed by atoms with Crippen molar-refractivity contribution >= 4 is 27.2 Å². The molecule has 42 heavy (non-hydrogen) atoms. The highest BCUT2D eigenvalue weighted by molar-refractivity contribution is 7.90. The molecule has 1 saturated heterocycles. The van der Waals surface area contributed by atoms with Gasteiger partial charge in [0.25, 0.3) is 0 Å². The minimum atomic E-state index is -3.29. The summed E-state index contributed by atoms with van der Waals surface area (Å²) in [5.74, 6) is 0.628. The first kappa shape index (κ1) is 29.2. The van der Waals surface area contributed by atoms with Gasteiger partial charge in [-0.05, 0) is 85.5 Å². The summed E-state index contributed by atoms with van der Waals surface area (Å²) < 4.78 is 42.8. The largest absolute Gasteiger partial charge is 0.439 e. The molecule has 0 bridgehead atoms. The predicted molar refractivity (Wildman–Crippen MR) is 161 cm³/mol. The second-order valence-electron chi connectivity index (χ2n) is 10.5. The van der Waals surface area contributed by atoms with E-state index < -0.39 is 9.84 Å². The van der Waals surface area contributed by atoms with Crippen molar-refractivity contribution in [2.75, 3.05) is 29.6 Å². The zero-order valence-electron chi connectivity index (χ0n) is 23.5. The van der Waals surface area contributed by atoms with E-state index in [-0.39, 0.29) is 22.8 Å². The molecule has 1 N–H and O–H groups in total. The van der Waals surface area contributed by atoms with E-state index in [0.717, 1.165) is 43.7 Å². The number of anilines is 2. The number of sulfone groups is 1. The SMILES string of the molecule is Cc1cc(S(C)(=O)=O)ccc1Oc1ccc(CN2CCC(N(C(=O)Nc3ccc(F)cc3)c3ccccc3)CC2)cn1. The Kier molecular flexibility index (Phi) is 8.84. The van der Waals surface area contributed by atoms with Gasteiger partial charge in [0.05, 0.1) is 4.90 Å². The average Bonchev–Trinajstić information content (AvgIpc) is 2.97. The molecule has 1 aromatic heterocycles. The van der Waals surface area contributed by atoms with Crippen LogP contribution in [0.5, 0.6) is 11.6 Å². The molecule has 1 aliphatic heterocycles. The van der Waals surface area contributed by atoms with E-state index >= 15 is 0 Å². The van der Waals surface area contributed by atoms with Gasteiger partial charge in [0.1, 0.15) is 11.6 Å². The summed E-state index contributed by atoms with van der Waals surface area (Å²) >= 11 is 0. The first-order valence-corrected chi connectivity index (χ1v) is 15.6. The molecule has 2 heterocycles. The molecule has 0 atom stereocenters. The van der Waals surface area contributed by atoms with Gasteiger partial charge in [-0.25, -0.2) is 22.6 Å². The molecule has 218 valence electrons. The number of hydrogen-bond donors (Lipinski definition) is 1. The van der Waals surface area contributed by atoms with Crippen LogP contribution in [0.15, 0.2) is 96.0 Å². The highest BCUT2D eigenvalue weighted by Crippen LogP contribution is 2.28. The van der Waals surface area contributed by atoms with Gasteiger partial charge in [0, 0.05) is 55.6 Å². The van der Waals surface area contributed by atoms with Gasteiger partial charge in [-0.1, -0.05) is 24.3 Å². The number of hydrogen-bond acceptors (Lipinski definition) is 6. The zero-order chi connectivity index (χ0) is 29.7. The molecule has 2 amide bonds. The zero-order valence-corrected chi connectivity index (χ0v) is 24.4. The van der Waals surface area contributed by atoms with Gasteiger partial charge in [-0.3, -0.25) is 9.80 Å². The number of pyridine rings is 1. The van der Waals surface area contributed by atoms with E-state index in [4.69, 9.17) is 4.74 Å². The van der Waals surface area contributed by atoms with Crippen LogP contribution in [-0.2, 0) is 16.4 Å². The Morgan fingerprint density at radius 2 is 1.74 bits per heavy atom. The Bertz CT molecular complexity index is 1620. The number of aryl methyl sites for hydroxylation is 1. The van der Waals surface area contributed by atoms with Crippen molar-refractivity contribution in [1.82, 2.24) is 9.88 Å². The van der Waals surface area contributed by atoms with Crippen LogP contribution in [0.4, 0.5) is 20.6 Å². The normalized spacial score (nSPS) is 14.4. The van der Waals surface area contributed by atoms with E-state index in [9.17, 15) is 17.6 Å². The molecule has 0 aliphatic carbocycles. The molecule has 0 spiro atoms. The number of amides is 2. The van der Waals surface area contributed by atoms with Gasteiger partial charge in [-0.15, -0.1) is 0 Å². The molecule has 1 fully saturated rings. The maximum atomic E-state index is 13.4. The van der Waals surface area contributed by atoms with E-state index in [2.05, 4.69) is 15.2 Å². The fourth-order valence-corrected chi connectivity index (χ4v) is 5.74. The fraction of sp³-hybridized carbons (Fsp3) is 0.250. The lowest BCUT2D eigenvalue weighted by Crippen LogP contribution is -2.49. The summed E-state index contributed by atoms with van der Waals surface area (Å²) in [7, 11) is -3.29. The maximum Gasteiger partial charge on any atom is 0.326 e. The van der Waals surface area contributed by atoms with Crippen LogP contribution in [0.1, 0.15) is 24.0 Å². The highest BCUT2D eigenvalue weighted by Gasteiger charge is 2.29. The third-order valence-electron chi connectivity index (χ3n) is 7.26. The third kappa shape index (κ3) is 7.32. The highest BCUT2D eigenvalue weighted by atomic mass is 32.2. The molecular weight excluding hydrogens is 555 g/mol. The molecule has 0 radical (unpaired) electrons. The summed E-state index contributed by atoms with van der Waals surface area (Å²) in [6.07, 6.45) is 4.55. The summed E-state index contributed by atoms with van der Waals surface area (Å²) in [4.78, 5) is 22.2. The Morgan fingerprint density at radius 1 is 1.02 bits per heavy atom. The first-order valence-electron chi connectivity index (χ1n) is 13.7. The molecule has 8 nitrogen and oxygen atoms in total. The fourth-order valence-electron chi connectivity index (χ4n) is 5.04. The number of likely N-dealkylation sites (tertiary alicyclic amines) is 1. The lowest BCUT2D eigenvalue weighted by atomic mass is 10.0.